The molecule has 1 aromatic heterocycles. The minimum absolute atomic E-state index is 0.485. The maximum Gasteiger partial charge on any atom is 0.113 e. The molecule has 0 aliphatic carbocycles. The van der Waals surface area contributed by atoms with E-state index in [0.717, 1.165) is 41.2 Å². The second-order valence-electron chi connectivity index (χ2n) is 5.50. The summed E-state index contributed by atoms with van der Waals surface area (Å²) in [5.41, 5.74) is 12.7. The van der Waals surface area contributed by atoms with E-state index in [0.29, 0.717) is 6.54 Å². The first-order chi connectivity index (χ1) is 11.8. The van der Waals surface area contributed by atoms with Gasteiger partial charge in [-0.1, -0.05) is 54.5 Å². The van der Waals surface area contributed by atoms with Gasteiger partial charge in [-0.3, -0.25) is 0 Å². The Morgan fingerprint density at radius 2 is 1.83 bits per heavy atom. The van der Waals surface area contributed by atoms with Crippen molar-refractivity contribution in [3.05, 3.63) is 82.6 Å². The maximum atomic E-state index is 8.34. The molecular weight excluding hydrogens is 298 g/mol. The largest absolute Gasteiger partial charge is 0.303 e. The van der Waals surface area contributed by atoms with E-state index in [-0.39, 0.29) is 0 Å². The highest BCUT2D eigenvalue weighted by molar-refractivity contribution is 5.59. The third kappa shape index (κ3) is 3.47. The number of imidazole rings is 1. The van der Waals surface area contributed by atoms with Crippen LogP contribution in [-0.4, -0.2) is 16.1 Å². The molecule has 0 spiro atoms. The molecular formula is C19H19N5. The summed E-state index contributed by atoms with van der Waals surface area (Å²) in [5.74, 6) is 1.04. The average molecular weight is 317 g/mol. The van der Waals surface area contributed by atoms with E-state index in [1.165, 1.54) is 0 Å². The highest BCUT2D eigenvalue weighted by Crippen LogP contribution is 2.22. The molecule has 24 heavy (non-hydrogen) atoms. The third-order valence-corrected chi connectivity index (χ3v) is 3.94. The van der Waals surface area contributed by atoms with Crippen LogP contribution in [0, 0.1) is 0 Å². The van der Waals surface area contributed by atoms with Gasteiger partial charge in [-0.15, -0.1) is 0 Å². The van der Waals surface area contributed by atoms with Crippen LogP contribution in [0.1, 0.15) is 18.3 Å². The number of rotatable bonds is 6. The highest BCUT2D eigenvalue weighted by atomic mass is 15.1. The monoisotopic (exact) mass is 317 g/mol. The molecule has 0 amide bonds. The lowest BCUT2D eigenvalue weighted by Gasteiger charge is -2.07. The molecule has 3 aromatic rings. The molecule has 0 aliphatic heterocycles. The van der Waals surface area contributed by atoms with E-state index >= 15 is 0 Å². The zero-order valence-corrected chi connectivity index (χ0v) is 13.6. The smallest absolute Gasteiger partial charge is 0.113 e. The van der Waals surface area contributed by atoms with Gasteiger partial charge in [-0.2, -0.15) is 0 Å². The van der Waals surface area contributed by atoms with Crippen LogP contribution in [0.2, 0.25) is 0 Å². The Morgan fingerprint density at radius 3 is 2.50 bits per heavy atom. The van der Waals surface area contributed by atoms with Crippen LogP contribution in [0.3, 0.4) is 0 Å². The molecule has 1 heterocycles. The van der Waals surface area contributed by atoms with Crippen molar-refractivity contribution in [3.8, 4) is 16.9 Å². The van der Waals surface area contributed by atoms with Crippen molar-refractivity contribution in [2.45, 2.75) is 19.8 Å². The summed E-state index contributed by atoms with van der Waals surface area (Å²) in [6, 6.07) is 18.5. The Hall–Kier alpha value is -3.04. The van der Waals surface area contributed by atoms with Gasteiger partial charge >= 0.3 is 0 Å². The first-order valence-corrected chi connectivity index (χ1v) is 8.05. The molecule has 3 rings (SSSR count). The van der Waals surface area contributed by atoms with Crippen LogP contribution in [0.15, 0.2) is 65.9 Å². The molecule has 120 valence electrons. The minimum Gasteiger partial charge on any atom is -0.303 e. The zero-order chi connectivity index (χ0) is 16.8. The summed E-state index contributed by atoms with van der Waals surface area (Å²) in [5, 5.41) is 3.58. The first-order valence-electron chi connectivity index (χ1n) is 8.05. The average Bonchev–Trinajstić information content (AvgIpc) is 3.08. The molecule has 2 aromatic carbocycles. The number of azide groups is 1. The third-order valence-electron chi connectivity index (χ3n) is 3.94. The van der Waals surface area contributed by atoms with Gasteiger partial charge in [0.05, 0.1) is 5.69 Å². The Labute approximate surface area is 141 Å². The minimum atomic E-state index is 0.485. The molecule has 0 bridgehead atoms. The van der Waals surface area contributed by atoms with E-state index in [2.05, 4.69) is 64.1 Å². The number of aryl methyl sites for hydroxylation is 1. The molecule has 0 atom stereocenters. The van der Waals surface area contributed by atoms with Crippen molar-refractivity contribution in [2.24, 2.45) is 5.11 Å². The summed E-state index contributed by atoms with van der Waals surface area (Å²) in [6.07, 6.45) is 3.71. The number of hydrogen-bond acceptors (Lipinski definition) is 2. The van der Waals surface area contributed by atoms with E-state index in [1.807, 2.05) is 18.2 Å². The predicted octanol–water partition coefficient (Wildman–Crippen LogP) is 4.95. The first kappa shape index (κ1) is 15.8. The summed E-state index contributed by atoms with van der Waals surface area (Å²) < 4.78 is 2.14. The predicted molar refractivity (Wildman–Crippen MR) is 96.1 cm³/mol. The molecule has 0 saturated carbocycles. The molecule has 0 unspecified atom stereocenters. The van der Waals surface area contributed by atoms with Crippen molar-refractivity contribution >= 4 is 0 Å². The summed E-state index contributed by atoms with van der Waals surface area (Å²) in [4.78, 5) is 7.55. The fourth-order valence-corrected chi connectivity index (χ4v) is 2.69. The lowest BCUT2D eigenvalue weighted by Crippen LogP contribution is -1.99. The molecule has 5 nitrogen and oxygen atoms in total. The Balaban J connectivity index is 1.88. The molecule has 0 radical (unpaired) electrons. The molecule has 0 aliphatic rings. The van der Waals surface area contributed by atoms with Crippen LogP contribution >= 0.6 is 0 Å². The van der Waals surface area contributed by atoms with Crippen LogP contribution in [0.4, 0.5) is 0 Å². The van der Waals surface area contributed by atoms with Crippen LogP contribution in [0.5, 0.6) is 0 Å². The number of benzene rings is 2. The highest BCUT2D eigenvalue weighted by Gasteiger charge is 2.09. The van der Waals surface area contributed by atoms with Gasteiger partial charge < -0.3 is 4.57 Å². The number of nitrogens with zero attached hydrogens (tertiary/aromatic N) is 5. The Bertz CT molecular complexity index is 843. The van der Waals surface area contributed by atoms with Crippen molar-refractivity contribution in [1.29, 1.82) is 0 Å². The van der Waals surface area contributed by atoms with Crippen molar-refractivity contribution in [3.63, 3.8) is 0 Å². The zero-order valence-electron chi connectivity index (χ0n) is 13.6. The van der Waals surface area contributed by atoms with Crippen LogP contribution < -0.4 is 0 Å². The quantitative estimate of drug-likeness (QED) is 0.360. The summed E-state index contributed by atoms with van der Waals surface area (Å²) in [6.45, 7) is 2.60. The van der Waals surface area contributed by atoms with Crippen molar-refractivity contribution < 1.29 is 0 Å². The van der Waals surface area contributed by atoms with Gasteiger partial charge in [-0.25, -0.2) is 4.98 Å². The maximum absolute atomic E-state index is 8.34. The Kier molecular flexibility index (Phi) is 4.94. The summed E-state index contributed by atoms with van der Waals surface area (Å²) in [7, 11) is 0. The second-order valence-corrected chi connectivity index (χ2v) is 5.50. The fraction of sp³-hybridized carbons (Fsp3) is 0.211. The van der Waals surface area contributed by atoms with E-state index < -0.39 is 0 Å². The second kappa shape index (κ2) is 7.49. The molecule has 0 saturated heterocycles. The number of aromatic nitrogens is 2. The normalized spacial score (nSPS) is 10.4. The lowest BCUT2D eigenvalue weighted by molar-refractivity contribution is 0.889. The molecule has 0 fully saturated rings. The number of hydrogen-bond donors (Lipinski definition) is 0. The van der Waals surface area contributed by atoms with Crippen molar-refractivity contribution in [1.82, 2.24) is 9.55 Å². The van der Waals surface area contributed by atoms with Gasteiger partial charge in [0.1, 0.15) is 5.82 Å². The van der Waals surface area contributed by atoms with Gasteiger partial charge in [0.2, 0.25) is 0 Å². The molecule has 5 heteroatoms. The van der Waals surface area contributed by atoms with Gasteiger partial charge in [0.25, 0.3) is 0 Å². The topological polar surface area (TPSA) is 66.6 Å². The molecule has 0 N–H and O–H groups in total. The Morgan fingerprint density at radius 1 is 1.08 bits per heavy atom. The SMILES string of the molecule is CCc1nc(-c2ccccc2)cn1-c1ccc(CCN=[N+]=[N-])cc1. The van der Waals surface area contributed by atoms with Gasteiger partial charge in [-0.05, 0) is 29.6 Å². The van der Waals surface area contributed by atoms with E-state index in [9.17, 15) is 0 Å². The summed E-state index contributed by atoms with van der Waals surface area (Å²) >= 11 is 0. The lowest BCUT2D eigenvalue weighted by atomic mass is 10.1. The van der Waals surface area contributed by atoms with Gasteiger partial charge in [0, 0.05) is 35.3 Å². The van der Waals surface area contributed by atoms with Crippen LogP contribution in [-0.2, 0) is 12.8 Å². The van der Waals surface area contributed by atoms with Crippen molar-refractivity contribution in [2.75, 3.05) is 6.54 Å². The standard InChI is InChI=1S/C19H19N5/c1-2-19-22-18(16-6-4-3-5-7-16)14-24(19)17-10-8-15(9-11-17)12-13-21-23-20/h3-11,14H,2,12-13H2,1H3. The van der Waals surface area contributed by atoms with Crippen LogP contribution in [0.25, 0.3) is 27.4 Å². The fourth-order valence-electron chi connectivity index (χ4n) is 2.69. The van der Waals surface area contributed by atoms with E-state index in [4.69, 9.17) is 10.5 Å². The van der Waals surface area contributed by atoms with Gasteiger partial charge in [0.15, 0.2) is 0 Å². The van der Waals surface area contributed by atoms with E-state index in [1.54, 1.807) is 0 Å².